The van der Waals surface area contributed by atoms with Crippen molar-refractivity contribution in [3.63, 3.8) is 0 Å². The molecule has 21 heavy (non-hydrogen) atoms. The van der Waals surface area contributed by atoms with Crippen molar-refractivity contribution >= 4 is 17.5 Å². The summed E-state index contributed by atoms with van der Waals surface area (Å²) in [5.41, 5.74) is 6.37. The Hall–Kier alpha value is -2.19. The van der Waals surface area contributed by atoms with Gasteiger partial charge in [-0.1, -0.05) is 0 Å². The van der Waals surface area contributed by atoms with Gasteiger partial charge in [-0.2, -0.15) is 13.2 Å². The van der Waals surface area contributed by atoms with E-state index in [0.717, 1.165) is 0 Å². The van der Waals surface area contributed by atoms with Crippen molar-refractivity contribution in [2.75, 3.05) is 23.7 Å². The van der Waals surface area contributed by atoms with E-state index in [0.29, 0.717) is 5.69 Å². The van der Waals surface area contributed by atoms with E-state index in [2.05, 4.69) is 4.98 Å². The number of piperidine rings is 1. The highest BCUT2D eigenvalue weighted by Gasteiger charge is 2.44. The van der Waals surface area contributed by atoms with Gasteiger partial charge in [0.2, 0.25) is 0 Å². The van der Waals surface area contributed by atoms with Gasteiger partial charge in [-0.25, -0.2) is 0 Å². The van der Waals surface area contributed by atoms with E-state index in [1.165, 1.54) is 23.4 Å². The lowest BCUT2D eigenvalue weighted by molar-refractivity contribution is -0.252. The van der Waals surface area contributed by atoms with Crippen molar-refractivity contribution in [2.24, 2.45) is 5.92 Å². The molecule has 0 spiro atoms. The average Bonchev–Trinajstić information content (AvgIpc) is 2.37. The first-order valence-corrected chi connectivity index (χ1v) is 6.26. The van der Waals surface area contributed by atoms with E-state index >= 15 is 0 Å². The summed E-state index contributed by atoms with van der Waals surface area (Å²) in [6.45, 7) is -0.183. The third kappa shape index (κ3) is 3.67. The predicted octanol–water partition coefficient (Wildman–Crippen LogP) is 0.354. The fraction of sp³-hybridized carbons (Fsp3) is 0.500. The van der Waals surface area contributed by atoms with Crippen molar-refractivity contribution in [2.45, 2.75) is 18.6 Å². The number of halogens is 3. The van der Waals surface area contributed by atoms with Crippen LogP contribution in [0.2, 0.25) is 0 Å². The van der Waals surface area contributed by atoms with E-state index in [1.54, 1.807) is 0 Å². The molecule has 3 N–H and O–H groups in total. The van der Waals surface area contributed by atoms with Crippen LogP contribution in [0.1, 0.15) is 6.42 Å². The zero-order chi connectivity index (χ0) is 15.6. The molecule has 1 saturated heterocycles. The van der Waals surface area contributed by atoms with Gasteiger partial charge in [0.05, 0.1) is 23.5 Å². The van der Waals surface area contributed by atoms with Gasteiger partial charge in [-0.3, -0.25) is 4.98 Å². The Balaban J connectivity index is 2.24. The second kappa shape index (κ2) is 5.66. The SMILES string of the molecule is Nc1cnccc1N1C[C@@H](NC(=O)[O-])C[C@@H](C(F)(F)F)C1. The topological polar surface area (TPSA) is 94.3 Å². The highest BCUT2D eigenvalue weighted by molar-refractivity contribution is 5.67. The molecule has 1 fully saturated rings. The van der Waals surface area contributed by atoms with Crippen LogP contribution in [0, 0.1) is 5.92 Å². The third-order valence-electron chi connectivity index (χ3n) is 3.40. The van der Waals surface area contributed by atoms with Crippen molar-refractivity contribution in [3.05, 3.63) is 18.5 Å². The quantitative estimate of drug-likeness (QED) is 0.822. The molecule has 9 heteroatoms. The van der Waals surface area contributed by atoms with Crippen LogP contribution in [-0.2, 0) is 0 Å². The molecule has 2 rings (SSSR count). The molecule has 0 radical (unpaired) electrons. The number of nitrogens with two attached hydrogens (primary N) is 1. The number of hydrogen-bond acceptors (Lipinski definition) is 5. The van der Waals surface area contributed by atoms with E-state index < -0.39 is 24.2 Å². The van der Waals surface area contributed by atoms with Gasteiger partial charge >= 0.3 is 6.18 Å². The van der Waals surface area contributed by atoms with Crippen LogP contribution in [0.4, 0.5) is 29.3 Å². The Morgan fingerprint density at radius 1 is 1.48 bits per heavy atom. The zero-order valence-electron chi connectivity index (χ0n) is 10.9. The molecule has 0 unspecified atom stereocenters. The second-order valence-corrected chi connectivity index (χ2v) is 4.94. The first kappa shape index (κ1) is 15.2. The number of rotatable bonds is 2. The first-order valence-electron chi connectivity index (χ1n) is 6.26. The van der Waals surface area contributed by atoms with Crippen molar-refractivity contribution in [1.29, 1.82) is 0 Å². The van der Waals surface area contributed by atoms with Crippen LogP contribution in [-0.4, -0.2) is 36.4 Å². The lowest BCUT2D eigenvalue weighted by Gasteiger charge is -2.40. The van der Waals surface area contributed by atoms with Crippen LogP contribution in [0.25, 0.3) is 0 Å². The monoisotopic (exact) mass is 303 g/mol. The summed E-state index contributed by atoms with van der Waals surface area (Å²) in [6.07, 6.45) is -3.56. The van der Waals surface area contributed by atoms with Crippen LogP contribution in [0.15, 0.2) is 18.5 Å². The molecule has 0 aliphatic carbocycles. The molecule has 6 nitrogen and oxygen atoms in total. The van der Waals surface area contributed by atoms with Gasteiger partial charge in [-0.05, 0) is 12.5 Å². The minimum Gasteiger partial charge on any atom is -0.530 e. The molecule has 1 aromatic rings. The molecule has 0 saturated carbocycles. The standard InChI is InChI=1S/C12H15F3N4O2/c13-12(14,15)7-3-8(18-11(20)21)6-19(5-7)10-1-2-17-4-9(10)16/h1-2,4,7-8,18H,3,5-6,16H2,(H,20,21)/p-1/t7-,8+/m1/s1. The fourth-order valence-electron chi connectivity index (χ4n) is 2.49. The fourth-order valence-corrected chi connectivity index (χ4v) is 2.49. The summed E-state index contributed by atoms with van der Waals surface area (Å²) in [5, 5.41) is 12.6. The predicted molar refractivity (Wildman–Crippen MR) is 67.3 cm³/mol. The molecule has 116 valence electrons. The number of amides is 1. The van der Waals surface area contributed by atoms with Crippen molar-refractivity contribution in [1.82, 2.24) is 10.3 Å². The number of carbonyl (C=O) groups excluding carboxylic acids is 1. The largest absolute Gasteiger partial charge is 0.530 e. The summed E-state index contributed by atoms with van der Waals surface area (Å²) in [6, 6.07) is 0.632. The van der Waals surface area contributed by atoms with Gasteiger partial charge in [0.15, 0.2) is 0 Å². The van der Waals surface area contributed by atoms with Gasteiger partial charge < -0.3 is 25.9 Å². The number of pyridine rings is 1. The molecule has 1 amide bonds. The lowest BCUT2D eigenvalue weighted by Crippen LogP contribution is -2.56. The minimum absolute atomic E-state index is 0.0920. The second-order valence-electron chi connectivity index (χ2n) is 4.94. The number of hydrogen-bond donors (Lipinski definition) is 2. The Kier molecular flexibility index (Phi) is 4.10. The van der Waals surface area contributed by atoms with Crippen LogP contribution in [0.5, 0.6) is 0 Å². The number of carbonyl (C=O) groups is 1. The van der Waals surface area contributed by atoms with E-state index in [4.69, 9.17) is 5.73 Å². The van der Waals surface area contributed by atoms with Gasteiger partial charge in [0.25, 0.3) is 0 Å². The molecule has 0 aromatic carbocycles. The van der Waals surface area contributed by atoms with Crippen LogP contribution >= 0.6 is 0 Å². The molecule has 1 aromatic heterocycles. The van der Waals surface area contributed by atoms with E-state index in [9.17, 15) is 23.1 Å². The molecular weight excluding hydrogens is 289 g/mol. The molecule has 0 bridgehead atoms. The highest BCUT2D eigenvalue weighted by atomic mass is 19.4. The van der Waals surface area contributed by atoms with Gasteiger partial charge in [0, 0.05) is 25.3 Å². The van der Waals surface area contributed by atoms with Crippen molar-refractivity contribution < 1.29 is 23.1 Å². The maximum Gasteiger partial charge on any atom is 0.393 e. The Bertz CT molecular complexity index is 523. The number of alkyl halides is 3. The molecule has 2 heterocycles. The number of anilines is 2. The molecule has 1 aliphatic heterocycles. The normalized spacial score (nSPS) is 22.9. The van der Waals surface area contributed by atoms with Gasteiger partial charge in [0.1, 0.15) is 6.09 Å². The first-order chi connectivity index (χ1) is 9.77. The summed E-state index contributed by atoms with van der Waals surface area (Å²) in [5.74, 6) is -1.64. The smallest absolute Gasteiger partial charge is 0.393 e. The summed E-state index contributed by atoms with van der Waals surface area (Å²) < 4.78 is 38.9. The number of nitrogens with one attached hydrogen (secondary N) is 1. The maximum absolute atomic E-state index is 13.0. The third-order valence-corrected chi connectivity index (χ3v) is 3.40. The summed E-state index contributed by atoms with van der Waals surface area (Å²) in [7, 11) is 0. The highest BCUT2D eigenvalue weighted by Crippen LogP contribution is 2.36. The van der Waals surface area contributed by atoms with Gasteiger partial charge in [-0.15, -0.1) is 0 Å². The maximum atomic E-state index is 13.0. The van der Waals surface area contributed by atoms with E-state index in [-0.39, 0.29) is 25.2 Å². The van der Waals surface area contributed by atoms with E-state index in [1.807, 2.05) is 5.32 Å². The number of nitrogen functional groups attached to an aromatic ring is 1. The van der Waals surface area contributed by atoms with Crippen LogP contribution in [0.3, 0.4) is 0 Å². The van der Waals surface area contributed by atoms with Crippen LogP contribution < -0.4 is 21.1 Å². The molecular formula is C12H14F3N4O2-. The molecule has 2 atom stereocenters. The lowest BCUT2D eigenvalue weighted by atomic mass is 9.93. The van der Waals surface area contributed by atoms with Crippen molar-refractivity contribution in [3.8, 4) is 0 Å². The Morgan fingerprint density at radius 3 is 2.76 bits per heavy atom. The average molecular weight is 303 g/mol. The minimum atomic E-state index is -4.41. The number of carboxylic acid groups (broad SMARTS) is 1. The number of nitrogens with zero attached hydrogens (tertiary/aromatic N) is 2. The summed E-state index contributed by atoms with van der Waals surface area (Å²) >= 11 is 0. The Morgan fingerprint density at radius 2 is 2.19 bits per heavy atom. The number of aromatic nitrogens is 1. The Labute approximate surface area is 118 Å². The molecule has 1 aliphatic rings. The summed E-state index contributed by atoms with van der Waals surface area (Å²) in [4.78, 5) is 15.8. The zero-order valence-corrected chi connectivity index (χ0v) is 10.9.